The van der Waals surface area contributed by atoms with Crippen molar-refractivity contribution < 1.29 is 14.6 Å². The second kappa shape index (κ2) is 7.33. The van der Waals surface area contributed by atoms with Crippen molar-refractivity contribution in [3.63, 3.8) is 0 Å². The van der Waals surface area contributed by atoms with Gasteiger partial charge in [0.2, 0.25) is 5.91 Å². The van der Waals surface area contributed by atoms with Gasteiger partial charge in [-0.15, -0.1) is 6.42 Å². The fraction of sp³-hybridized carbons (Fsp3) is 0.500. The van der Waals surface area contributed by atoms with E-state index in [9.17, 15) is 9.90 Å². The quantitative estimate of drug-likeness (QED) is 0.851. The van der Waals surface area contributed by atoms with E-state index in [1.165, 1.54) is 0 Å². The molecule has 0 unspecified atom stereocenters. The van der Waals surface area contributed by atoms with E-state index in [4.69, 9.17) is 11.2 Å². The zero-order valence-electron chi connectivity index (χ0n) is 13.0. The van der Waals surface area contributed by atoms with Gasteiger partial charge in [0.15, 0.2) is 0 Å². The van der Waals surface area contributed by atoms with Crippen molar-refractivity contribution in [2.75, 3.05) is 18.6 Å². The van der Waals surface area contributed by atoms with E-state index in [0.29, 0.717) is 18.6 Å². The van der Waals surface area contributed by atoms with Crippen molar-refractivity contribution in [1.29, 1.82) is 0 Å². The van der Waals surface area contributed by atoms with Crippen molar-refractivity contribution in [3.05, 3.63) is 24.3 Å². The van der Waals surface area contributed by atoms with Gasteiger partial charge in [-0.3, -0.25) is 4.79 Å². The van der Waals surface area contributed by atoms with Gasteiger partial charge in [-0.05, 0) is 37.1 Å². The first kappa shape index (κ1) is 16.4. The number of amides is 1. The summed E-state index contributed by atoms with van der Waals surface area (Å²) in [6.07, 6.45) is 9.88. The van der Waals surface area contributed by atoms with Crippen LogP contribution in [0.4, 0.5) is 5.69 Å². The Labute approximate surface area is 132 Å². The highest BCUT2D eigenvalue weighted by Gasteiger charge is 2.32. The van der Waals surface area contributed by atoms with Crippen LogP contribution in [0.5, 0.6) is 5.75 Å². The van der Waals surface area contributed by atoms with E-state index < -0.39 is 5.60 Å². The Hall–Kier alpha value is -1.99. The summed E-state index contributed by atoms with van der Waals surface area (Å²) in [6.45, 7) is 0.223. The van der Waals surface area contributed by atoms with Gasteiger partial charge in [0.25, 0.3) is 0 Å². The number of anilines is 1. The second-order valence-electron chi connectivity index (χ2n) is 5.90. The average Bonchev–Trinajstić information content (AvgIpc) is 2.53. The summed E-state index contributed by atoms with van der Waals surface area (Å²) in [4.78, 5) is 14.0. The molecule has 0 heterocycles. The SMILES string of the molecule is C#CCOc1ccc(N(C)C(=O)CC2(O)CCCCC2)cc1. The molecule has 0 aromatic heterocycles. The standard InChI is InChI=1S/C18H23NO3/c1-3-13-22-16-9-7-15(8-10-16)19(2)17(20)14-18(21)11-5-4-6-12-18/h1,7-10,21H,4-6,11-14H2,2H3. The molecule has 0 spiro atoms. The highest BCUT2D eigenvalue weighted by molar-refractivity contribution is 5.93. The molecule has 1 fully saturated rings. The number of carbonyl (C=O) groups is 1. The van der Waals surface area contributed by atoms with Gasteiger partial charge in [-0.2, -0.15) is 0 Å². The topological polar surface area (TPSA) is 49.8 Å². The van der Waals surface area contributed by atoms with Crippen LogP contribution < -0.4 is 9.64 Å². The van der Waals surface area contributed by atoms with E-state index in [1.54, 1.807) is 24.1 Å². The number of hydrogen-bond donors (Lipinski definition) is 1. The first-order valence-corrected chi connectivity index (χ1v) is 7.69. The second-order valence-corrected chi connectivity index (χ2v) is 5.90. The normalized spacial score (nSPS) is 16.6. The Morgan fingerprint density at radius 3 is 2.55 bits per heavy atom. The first-order chi connectivity index (χ1) is 10.5. The largest absolute Gasteiger partial charge is 0.481 e. The molecule has 4 heteroatoms. The molecule has 1 aliphatic carbocycles. The van der Waals surface area contributed by atoms with Crippen molar-refractivity contribution in [2.45, 2.75) is 44.1 Å². The number of nitrogens with zero attached hydrogens (tertiary/aromatic N) is 1. The van der Waals surface area contributed by atoms with Crippen LogP contribution in [0, 0.1) is 12.3 Å². The molecule has 118 valence electrons. The first-order valence-electron chi connectivity index (χ1n) is 7.69. The smallest absolute Gasteiger partial charge is 0.229 e. The maximum atomic E-state index is 12.4. The Morgan fingerprint density at radius 1 is 1.32 bits per heavy atom. The maximum Gasteiger partial charge on any atom is 0.229 e. The summed E-state index contributed by atoms with van der Waals surface area (Å²) in [7, 11) is 1.73. The molecule has 0 saturated heterocycles. The van der Waals surface area contributed by atoms with E-state index >= 15 is 0 Å². The molecule has 1 aromatic rings. The van der Waals surface area contributed by atoms with E-state index in [2.05, 4.69) is 5.92 Å². The Balaban J connectivity index is 1.96. The van der Waals surface area contributed by atoms with E-state index in [1.807, 2.05) is 12.1 Å². The molecule has 0 aliphatic heterocycles. The molecule has 4 nitrogen and oxygen atoms in total. The molecule has 22 heavy (non-hydrogen) atoms. The molecular weight excluding hydrogens is 278 g/mol. The van der Waals surface area contributed by atoms with Crippen molar-refractivity contribution in [3.8, 4) is 18.1 Å². The fourth-order valence-corrected chi connectivity index (χ4v) is 2.82. The zero-order valence-corrected chi connectivity index (χ0v) is 13.0. The molecule has 1 amide bonds. The third kappa shape index (κ3) is 4.25. The molecular formula is C18H23NO3. The lowest BCUT2D eigenvalue weighted by atomic mass is 9.82. The van der Waals surface area contributed by atoms with Crippen LogP contribution >= 0.6 is 0 Å². The summed E-state index contributed by atoms with van der Waals surface area (Å²) in [6, 6.07) is 7.20. The van der Waals surface area contributed by atoms with Crippen molar-refractivity contribution in [1.82, 2.24) is 0 Å². The third-order valence-corrected chi connectivity index (χ3v) is 4.18. The minimum Gasteiger partial charge on any atom is -0.481 e. The minimum absolute atomic E-state index is 0.0679. The van der Waals surface area contributed by atoms with E-state index in [0.717, 1.165) is 24.9 Å². The predicted molar refractivity (Wildman–Crippen MR) is 86.8 cm³/mol. The summed E-state index contributed by atoms with van der Waals surface area (Å²) >= 11 is 0. The number of rotatable bonds is 5. The fourth-order valence-electron chi connectivity index (χ4n) is 2.82. The van der Waals surface area contributed by atoms with E-state index in [-0.39, 0.29) is 18.9 Å². The van der Waals surface area contributed by atoms with Crippen molar-refractivity contribution in [2.24, 2.45) is 0 Å². The number of terminal acetylenes is 1. The number of carbonyl (C=O) groups excluding carboxylic acids is 1. The predicted octanol–water partition coefficient (Wildman–Crippen LogP) is 2.75. The molecule has 0 radical (unpaired) electrons. The highest BCUT2D eigenvalue weighted by Crippen LogP contribution is 2.32. The summed E-state index contributed by atoms with van der Waals surface area (Å²) < 4.78 is 5.31. The van der Waals surface area contributed by atoms with Crippen LogP contribution in [0.15, 0.2) is 24.3 Å². The molecule has 0 atom stereocenters. The number of aliphatic hydroxyl groups is 1. The highest BCUT2D eigenvalue weighted by atomic mass is 16.5. The molecule has 1 saturated carbocycles. The Kier molecular flexibility index (Phi) is 5.46. The van der Waals surface area contributed by atoms with Gasteiger partial charge in [0, 0.05) is 12.7 Å². The summed E-state index contributed by atoms with van der Waals surface area (Å²) in [5.74, 6) is 3.01. The summed E-state index contributed by atoms with van der Waals surface area (Å²) in [5.41, 5.74) is -0.0585. The number of hydrogen-bond acceptors (Lipinski definition) is 3. The van der Waals surface area contributed by atoms with Gasteiger partial charge >= 0.3 is 0 Å². The lowest BCUT2D eigenvalue weighted by Gasteiger charge is -2.32. The molecule has 0 bridgehead atoms. The lowest BCUT2D eigenvalue weighted by Crippen LogP contribution is -2.39. The third-order valence-electron chi connectivity index (χ3n) is 4.18. The van der Waals surface area contributed by atoms with Gasteiger partial charge in [-0.25, -0.2) is 0 Å². The zero-order chi connectivity index (χ0) is 16.0. The molecule has 1 aromatic carbocycles. The van der Waals surface area contributed by atoms with Crippen LogP contribution in [-0.2, 0) is 4.79 Å². The Bertz CT molecular complexity index is 538. The van der Waals surface area contributed by atoms with Crippen LogP contribution in [0.2, 0.25) is 0 Å². The van der Waals surface area contributed by atoms with Crippen LogP contribution in [-0.4, -0.2) is 30.3 Å². The lowest BCUT2D eigenvalue weighted by molar-refractivity contribution is -0.124. The van der Waals surface area contributed by atoms with Crippen molar-refractivity contribution >= 4 is 11.6 Å². The van der Waals surface area contributed by atoms with Crippen LogP contribution in [0.3, 0.4) is 0 Å². The monoisotopic (exact) mass is 301 g/mol. The number of benzene rings is 1. The molecule has 2 rings (SSSR count). The van der Waals surface area contributed by atoms with Crippen LogP contribution in [0.25, 0.3) is 0 Å². The van der Waals surface area contributed by atoms with Gasteiger partial charge in [0.05, 0.1) is 12.0 Å². The van der Waals surface area contributed by atoms with Crippen LogP contribution in [0.1, 0.15) is 38.5 Å². The maximum absolute atomic E-state index is 12.4. The Morgan fingerprint density at radius 2 is 1.95 bits per heavy atom. The minimum atomic E-state index is -0.834. The summed E-state index contributed by atoms with van der Waals surface area (Å²) in [5, 5.41) is 10.5. The van der Waals surface area contributed by atoms with Gasteiger partial charge in [0.1, 0.15) is 12.4 Å². The van der Waals surface area contributed by atoms with Gasteiger partial charge in [-0.1, -0.05) is 25.2 Å². The van der Waals surface area contributed by atoms with Gasteiger partial charge < -0.3 is 14.7 Å². The molecule has 1 N–H and O–H groups in total. The molecule has 1 aliphatic rings. The average molecular weight is 301 g/mol. The number of ether oxygens (including phenoxy) is 1.